The molecule has 2 nitrogen and oxygen atoms in total. The quantitative estimate of drug-likeness (QED) is 0.907. The molecule has 1 aromatic carbocycles. The molecule has 0 spiro atoms. The Morgan fingerprint density at radius 1 is 1.32 bits per heavy atom. The molecule has 2 aliphatic heterocycles. The Labute approximate surface area is 112 Å². The summed E-state index contributed by atoms with van der Waals surface area (Å²) in [6.07, 6.45) is 3.63. The fourth-order valence-electron chi connectivity index (χ4n) is 2.94. The monoisotopic (exact) mass is 267 g/mol. The van der Waals surface area contributed by atoms with Gasteiger partial charge in [-0.2, -0.15) is 0 Å². The minimum atomic E-state index is -2.76. The molecule has 0 radical (unpaired) electrons. The maximum Gasteiger partial charge on any atom is 0.274 e. The molecule has 0 saturated carbocycles. The van der Waals surface area contributed by atoms with E-state index < -0.39 is 5.92 Å². The zero-order valence-corrected chi connectivity index (χ0v) is 10.9. The van der Waals surface area contributed by atoms with Gasteiger partial charge in [0.1, 0.15) is 5.75 Å². The largest absolute Gasteiger partial charge is 0.493 e. The molecule has 1 atom stereocenters. The summed E-state index contributed by atoms with van der Waals surface area (Å²) in [5.74, 6) is -2.00. The average Bonchev–Trinajstić information content (AvgIpc) is 2.86. The summed E-state index contributed by atoms with van der Waals surface area (Å²) in [4.78, 5) is 0. The first kappa shape index (κ1) is 12.9. The fraction of sp³-hybridized carbons (Fsp3) is 0.600. The van der Waals surface area contributed by atoms with Crippen LogP contribution in [0, 0.1) is 0 Å². The smallest absolute Gasteiger partial charge is 0.274 e. The van der Waals surface area contributed by atoms with Crippen LogP contribution in [0.15, 0.2) is 18.2 Å². The number of nitrogens with one attached hydrogen (secondary N) is 1. The van der Waals surface area contributed by atoms with Gasteiger partial charge in [0.2, 0.25) is 0 Å². The zero-order valence-electron chi connectivity index (χ0n) is 10.9. The van der Waals surface area contributed by atoms with Gasteiger partial charge < -0.3 is 10.1 Å². The van der Waals surface area contributed by atoms with Gasteiger partial charge in [-0.3, -0.25) is 0 Å². The van der Waals surface area contributed by atoms with Crippen molar-refractivity contribution in [3.63, 3.8) is 0 Å². The highest BCUT2D eigenvalue weighted by atomic mass is 19.3. The summed E-state index contributed by atoms with van der Waals surface area (Å²) < 4.78 is 34.0. The van der Waals surface area contributed by atoms with Gasteiger partial charge >= 0.3 is 0 Å². The summed E-state index contributed by atoms with van der Waals surface area (Å²) >= 11 is 0. The lowest BCUT2D eigenvalue weighted by molar-refractivity contribution is -0.0253. The first-order valence-electron chi connectivity index (χ1n) is 7.02. The lowest BCUT2D eigenvalue weighted by Gasteiger charge is -2.28. The molecule has 3 rings (SSSR count). The summed E-state index contributed by atoms with van der Waals surface area (Å²) in [5.41, 5.74) is 1.04. The van der Waals surface area contributed by atoms with E-state index in [-0.39, 0.29) is 18.0 Å². The Hall–Kier alpha value is -1.16. The number of benzene rings is 1. The van der Waals surface area contributed by atoms with E-state index in [1.54, 1.807) is 12.1 Å². The van der Waals surface area contributed by atoms with E-state index in [1.807, 2.05) is 0 Å². The Bertz CT molecular complexity index is 455. The van der Waals surface area contributed by atoms with Crippen molar-refractivity contribution in [1.29, 1.82) is 0 Å². The Morgan fingerprint density at radius 2 is 2.21 bits per heavy atom. The maximum absolute atomic E-state index is 14.3. The van der Waals surface area contributed by atoms with Gasteiger partial charge in [-0.15, -0.1) is 0 Å². The Balaban J connectivity index is 1.75. The van der Waals surface area contributed by atoms with Crippen molar-refractivity contribution < 1.29 is 13.5 Å². The fourth-order valence-corrected chi connectivity index (χ4v) is 2.94. The van der Waals surface area contributed by atoms with Crippen molar-refractivity contribution in [1.82, 2.24) is 5.32 Å². The molecule has 1 aromatic rings. The number of hydrogen-bond acceptors (Lipinski definition) is 2. The number of alkyl halides is 2. The van der Waals surface area contributed by atoms with Crippen LogP contribution in [0.5, 0.6) is 5.75 Å². The molecule has 1 unspecified atom stereocenters. The number of fused-ring (bicyclic) bond motifs is 1. The molecule has 1 N–H and O–H groups in total. The van der Waals surface area contributed by atoms with E-state index in [0.29, 0.717) is 6.61 Å². The minimum absolute atomic E-state index is 0.0618. The van der Waals surface area contributed by atoms with Crippen molar-refractivity contribution in [3.8, 4) is 5.75 Å². The van der Waals surface area contributed by atoms with Crippen molar-refractivity contribution in [2.45, 2.75) is 44.1 Å². The van der Waals surface area contributed by atoms with Crippen LogP contribution in [-0.4, -0.2) is 19.2 Å². The molecule has 0 aliphatic carbocycles. The van der Waals surface area contributed by atoms with Crippen LogP contribution in [0.1, 0.15) is 36.8 Å². The summed E-state index contributed by atoms with van der Waals surface area (Å²) in [7, 11) is 0. The van der Waals surface area contributed by atoms with Crippen molar-refractivity contribution in [2.24, 2.45) is 0 Å². The number of halogens is 2. The zero-order chi connectivity index (χ0) is 13.3. The van der Waals surface area contributed by atoms with Crippen LogP contribution in [0.2, 0.25) is 0 Å². The van der Waals surface area contributed by atoms with Crippen LogP contribution in [0.25, 0.3) is 0 Å². The maximum atomic E-state index is 14.3. The molecule has 1 fully saturated rings. The second-order valence-corrected chi connectivity index (χ2v) is 5.48. The van der Waals surface area contributed by atoms with Crippen LogP contribution < -0.4 is 10.1 Å². The number of hydrogen-bond donors (Lipinski definition) is 1. The minimum Gasteiger partial charge on any atom is -0.493 e. The standard InChI is InChI=1S/C15H19F2NO/c16-15(17,10-13-3-1-2-7-18-13)12-4-5-14-11(9-12)6-8-19-14/h4-5,9,13,18H,1-3,6-8,10H2. The first-order chi connectivity index (χ1) is 9.15. The molecule has 0 aromatic heterocycles. The molecular weight excluding hydrogens is 248 g/mol. The van der Waals surface area contributed by atoms with Crippen LogP contribution in [-0.2, 0) is 12.3 Å². The summed E-state index contributed by atoms with van der Waals surface area (Å²) in [6.45, 7) is 1.47. The predicted octanol–water partition coefficient (Wildman–Crippen LogP) is 3.25. The van der Waals surface area contributed by atoms with E-state index in [4.69, 9.17) is 4.74 Å². The molecule has 1 saturated heterocycles. The first-order valence-corrected chi connectivity index (χ1v) is 7.02. The second-order valence-electron chi connectivity index (χ2n) is 5.48. The van der Waals surface area contributed by atoms with E-state index in [0.717, 1.165) is 43.5 Å². The normalized spacial score (nSPS) is 22.9. The SMILES string of the molecule is FC(F)(CC1CCCCN1)c1ccc2c(c1)CCO2. The van der Waals surface area contributed by atoms with E-state index >= 15 is 0 Å². The average molecular weight is 267 g/mol. The Morgan fingerprint density at radius 3 is 3.00 bits per heavy atom. The number of rotatable bonds is 3. The van der Waals surface area contributed by atoms with Crippen LogP contribution >= 0.6 is 0 Å². The highest BCUT2D eigenvalue weighted by Crippen LogP contribution is 2.37. The third-order valence-electron chi connectivity index (χ3n) is 4.03. The Kier molecular flexibility index (Phi) is 3.44. The molecule has 104 valence electrons. The second kappa shape index (κ2) is 5.08. The number of ether oxygens (including phenoxy) is 1. The molecule has 4 heteroatoms. The lowest BCUT2D eigenvalue weighted by Crippen LogP contribution is -2.38. The van der Waals surface area contributed by atoms with Gasteiger partial charge in [0.05, 0.1) is 6.61 Å². The van der Waals surface area contributed by atoms with Gasteiger partial charge in [-0.25, -0.2) is 8.78 Å². The van der Waals surface area contributed by atoms with Gasteiger partial charge in [-0.1, -0.05) is 6.42 Å². The van der Waals surface area contributed by atoms with E-state index in [9.17, 15) is 8.78 Å². The highest BCUT2D eigenvalue weighted by Gasteiger charge is 2.36. The summed E-state index contributed by atoms with van der Waals surface area (Å²) in [5, 5.41) is 3.19. The van der Waals surface area contributed by atoms with Gasteiger partial charge in [0, 0.05) is 24.4 Å². The summed E-state index contributed by atoms with van der Waals surface area (Å²) in [6, 6.07) is 4.74. The molecule has 0 bridgehead atoms. The van der Waals surface area contributed by atoms with Crippen molar-refractivity contribution >= 4 is 0 Å². The number of piperidine rings is 1. The molecule has 2 heterocycles. The highest BCUT2D eigenvalue weighted by molar-refractivity contribution is 5.41. The van der Waals surface area contributed by atoms with Crippen molar-refractivity contribution in [3.05, 3.63) is 29.3 Å². The van der Waals surface area contributed by atoms with Crippen LogP contribution in [0.4, 0.5) is 8.78 Å². The third kappa shape index (κ3) is 2.73. The van der Waals surface area contributed by atoms with Gasteiger partial charge in [-0.05, 0) is 43.1 Å². The van der Waals surface area contributed by atoms with Gasteiger partial charge in [0.15, 0.2) is 0 Å². The molecule has 2 aliphatic rings. The van der Waals surface area contributed by atoms with Crippen LogP contribution in [0.3, 0.4) is 0 Å². The van der Waals surface area contributed by atoms with E-state index in [2.05, 4.69) is 5.32 Å². The lowest BCUT2D eigenvalue weighted by atomic mass is 9.94. The third-order valence-corrected chi connectivity index (χ3v) is 4.03. The van der Waals surface area contributed by atoms with Gasteiger partial charge in [0.25, 0.3) is 5.92 Å². The topological polar surface area (TPSA) is 21.3 Å². The predicted molar refractivity (Wildman–Crippen MR) is 69.8 cm³/mol. The molecule has 0 amide bonds. The van der Waals surface area contributed by atoms with E-state index in [1.165, 1.54) is 6.07 Å². The molecule has 19 heavy (non-hydrogen) atoms. The molecular formula is C15H19F2NO. The van der Waals surface area contributed by atoms with Crippen molar-refractivity contribution in [2.75, 3.05) is 13.2 Å².